The van der Waals surface area contributed by atoms with Crippen molar-refractivity contribution in [1.82, 2.24) is 0 Å². The molecule has 0 aromatic heterocycles. The second-order valence-electron chi connectivity index (χ2n) is 10.2. The second kappa shape index (κ2) is 19.0. The number of benzene rings is 1. The maximum absolute atomic E-state index is 12.6. The molecule has 0 saturated heterocycles. The second-order valence-corrected chi connectivity index (χ2v) is 10.2. The van der Waals surface area contributed by atoms with Crippen molar-refractivity contribution in [3.05, 3.63) is 23.8 Å². The van der Waals surface area contributed by atoms with Crippen molar-refractivity contribution in [2.45, 2.75) is 117 Å². The number of carbonyl (C=O) groups is 4. The van der Waals surface area contributed by atoms with E-state index in [1.165, 1.54) is 12.1 Å². The molecule has 0 aliphatic rings. The first-order valence-electron chi connectivity index (χ1n) is 14.4. The van der Waals surface area contributed by atoms with Crippen molar-refractivity contribution in [1.29, 1.82) is 0 Å². The van der Waals surface area contributed by atoms with Crippen LogP contribution in [0, 0.1) is 5.92 Å². The third kappa shape index (κ3) is 12.8. The number of carboxylic acids is 1. The summed E-state index contributed by atoms with van der Waals surface area (Å²) in [6.45, 7) is 9.34. The average molecular weight is 566 g/mol. The molecule has 0 aliphatic heterocycles. The number of carboxylic acid groups (broad SMARTS) is 1. The molecule has 10 heteroatoms. The van der Waals surface area contributed by atoms with Crippen molar-refractivity contribution in [2.24, 2.45) is 11.7 Å². The number of unbranched alkanes of at least 4 members (excludes halogenated alkanes) is 4. The van der Waals surface area contributed by atoms with Crippen molar-refractivity contribution in [3.63, 3.8) is 0 Å². The average Bonchev–Trinajstić information content (AvgIpc) is 2.89. The third-order valence-corrected chi connectivity index (χ3v) is 6.51. The summed E-state index contributed by atoms with van der Waals surface area (Å²) in [5, 5.41) is 9.72. The van der Waals surface area contributed by atoms with Gasteiger partial charge in [0.25, 0.3) is 0 Å². The summed E-state index contributed by atoms with van der Waals surface area (Å²) >= 11 is 0. The van der Waals surface area contributed by atoms with Gasteiger partial charge in [0.1, 0.15) is 12.1 Å². The molecule has 0 aliphatic carbocycles. The van der Waals surface area contributed by atoms with Gasteiger partial charge in [0.15, 0.2) is 11.5 Å². The molecule has 0 saturated carbocycles. The molecule has 0 bridgehead atoms. The minimum atomic E-state index is -1.36. The predicted octanol–water partition coefficient (Wildman–Crippen LogP) is 6.13. The van der Waals surface area contributed by atoms with Crippen LogP contribution < -0.4 is 15.2 Å². The van der Waals surface area contributed by atoms with Gasteiger partial charge in [-0.25, -0.2) is 4.79 Å². The fourth-order valence-corrected chi connectivity index (χ4v) is 4.29. The number of ether oxygens (including phenoxy) is 4. The molecule has 1 aromatic carbocycles. The van der Waals surface area contributed by atoms with Crippen molar-refractivity contribution >= 4 is 24.1 Å². The summed E-state index contributed by atoms with van der Waals surface area (Å²) in [4.78, 5) is 49.0. The van der Waals surface area contributed by atoms with Gasteiger partial charge < -0.3 is 29.8 Å². The Morgan fingerprint density at radius 1 is 0.850 bits per heavy atom. The smallest absolute Gasteiger partial charge is 0.480 e. The Bertz CT molecular complexity index is 949. The number of aliphatic carboxylic acids is 1. The van der Waals surface area contributed by atoms with Gasteiger partial charge in [0.05, 0.1) is 6.61 Å². The Morgan fingerprint density at radius 3 is 1.95 bits per heavy atom. The van der Waals surface area contributed by atoms with Gasteiger partial charge in [-0.2, -0.15) is 0 Å². The maximum atomic E-state index is 12.6. The molecule has 40 heavy (non-hydrogen) atoms. The van der Waals surface area contributed by atoms with E-state index in [0.717, 1.165) is 32.1 Å². The van der Waals surface area contributed by atoms with Gasteiger partial charge >= 0.3 is 24.1 Å². The zero-order valence-electron chi connectivity index (χ0n) is 24.6. The molecule has 0 fully saturated rings. The molecule has 10 nitrogen and oxygen atoms in total. The van der Waals surface area contributed by atoms with Crippen LogP contribution in [0.4, 0.5) is 4.79 Å². The Balaban J connectivity index is 3.23. The number of hydrogen-bond acceptors (Lipinski definition) is 9. The first-order valence-corrected chi connectivity index (χ1v) is 14.4. The molecule has 0 amide bonds. The van der Waals surface area contributed by atoms with Gasteiger partial charge in [-0.3, -0.25) is 14.4 Å². The number of rotatable bonds is 19. The Hall–Kier alpha value is -3.14. The quantitative estimate of drug-likeness (QED) is 0.114. The van der Waals surface area contributed by atoms with E-state index in [9.17, 15) is 24.3 Å². The van der Waals surface area contributed by atoms with E-state index in [4.69, 9.17) is 24.7 Å². The van der Waals surface area contributed by atoms with E-state index < -0.39 is 41.9 Å². The topological polar surface area (TPSA) is 151 Å². The largest absolute Gasteiger partial charge is 0.508 e. The lowest BCUT2D eigenvalue weighted by Crippen LogP contribution is -2.40. The molecule has 1 aromatic rings. The Kier molecular flexibility index (Phi) is 16.6. The molecule has 1 rings (SSSR count). The van der Waals surface area contributed by atoms with Crippen LogP contribution >= 0.6 is 0 Å². The van der Waals surface area contributed by atoms with Gasteiger partial charge in [-0.1, -0.05) is 65.9 Å². The third-order valence-electron chi connectivity index (χ3n) is 6.51. The lowest BCUT2D eigenvalue weighted by molar-refractivity contribution is -0.139. The lowest BCUT2D eigenvalue weighted by Gasteiger charge is -2.28. The highest BCUT2D eigenvalue weighted by Crippen LogP contribution is 2.36. The van der Waals surface area contributed by atoms with E-state index in [-0.39, 0.29) is 37.1 Å². The summed E-state index contributed by atoms with van der Waals surface area (Å²) in [5.74, 6) is -3.50. The predicted molar refractivity (Wildman–Crippen MR) is 150 cm³/mol. The Labute approximate surface area is 237 Å². The van der Waals surface area contributed by atoms with Crippen LogP contribution in [0.1, 0.15) is 110 Å². The lowest BCUT2D eigenvalue weighted by atomic mass is 9.82. The minimum absolute atomic E-state index is 0.00588. The molecule has 3 N–H and O–H groups in total. The summed E-state index contributed by atoms with van der Waals surface area (Å²) in [5.41, 5.74) is 6.51. The first-order chi connectivity index (χ1) is 19.0. The molecule has 0 spiro atoms. The fraction of sp³-hybridized carbons (Fsp3) is 0.667. The maximum Gasteiger partial charge on any atom is 0.508 e. The molecule has 4 atom stereocenters. The van der Waals surface area contributed by atoms with Crippen LogP contribution in [0.2, 0.25) is 0 Å². The van der Waals surface area contributed by atoms with E-state index in [2.05, 4.69) is 0 Å². The van der Waals surface area contributed by atoms with Crippen LogP contribution in [0.15, 0.2) is 18.2 Å². The first kappa shape index (κ1) is 34.9. The van der Waals surface area contributed by atoms with Crippen LogP contribution in [0.3, 0.4) is 0 Å². The van der Waals surface area contributed by atoms with Crippen LogP contribution in [-0.2, 0) is 23.9 Å². The number of carbonyl (C=O) groups excluding carboxylic acids is 3. The van der Waals surface area contributed by atoms with Crippen molar-refractivity contribution in [3.8, 4) is 11.5 Å². The van der Waals surface area contributed by atoms with Gasteiger partial charge in [0.2, 0.25) is 0 Å². The van der Waals surface area contributed by atoms with E-state index in [1.807, 2.05) is 20.8 Å². The van der Waals surface area contributed by atoms with Gasteiger partial charge in [0, 0.05) is 18.8 Å². The summed E-state index contributed by atoms with van der Waals surface area (Å²) in [7, 11) is 0. The van der Waals surface area contributed by atoms with Crippen LogP contribution in [0.25, 0.3) is 0 Å². The van der Waals surface area contributed by atoms with Crippen LogP contribution in [0.5, 0.6) is 11.5 Å². The van der Waals surface area contributed by atoms with E-state index in [0.29, 0.717) is 24.8 Å². The van der Waals surface area contributed by atoms with Crippen LogP contribution in [-0.4, -0.2) is 47.9 Å². The standard InChI is InChI=1S/C30H47NO9/c1-6-9-11-14-25(32)39-23-17-16-22(18-24(23)40-26(33)15-12-10-7-2)27(28(31)29(34)35)20(4)19-37-30(36)38-21(5)13-8-3/h16-18,20-21,27-28H,6-15,19,31H2,1-5H3,(H,34,35)/t20?,21?,27?,28-/m0/s1. The monoisotopic (exact) mass is 565 g/mol. The highest BCUT2D eigenvalue weighted by Gasteiger charge is 2.33. The summed E-state index contributed by atoms with van der Waals surface area (Å²) < 4.78 is 21.6. The number of nitrogens with two attached hydrogens (primary N) is 1. The molecule has 226 valence electrons. The molecular weight excluding hydrogens is 518 g/mol. The fourth-order valence-electron chi connectivity index (χ4n) is 4.29. The highest BCUT2D eigenvalue weighted by molar-refractivity contribution is 5.77. The molecule has 0 radical (unpaired) electrons. The summed E-state index contributed by atoms with van der Waals surface area (Å²) in [6.07, 6.45) is 5.72. The number of hydrogen-bond donors (Lipinski definition) is 2. The SMILES string of the molecule is CCCCCC(=O)Oc1ccc(C(C(C)COC(=O)OC(C)CCC)[C@H](N)C(=O)O)cc1OC(=O)CCCCC. The normalized spacial score (nSPS) is 13.9. The minimum Gasteiger partial charge on any atom is -0.480 e. The zero-order valence-corrected chi connectivity index (χ0v) is 24.6. The zero-order chi connectivity index (χ0) is 30.1. The Morgan fingerprint density at radius 2 is 1.43 bits per heavy atom. The molecular formula is C30H47NO9. The molecule has 0 heterocycles. The number of esters is 2. The van der Waals surface area contributed by atoms with Gasteiger partial charge in [-0.05, 0) is 49.8 Å². The van der Waals surface area contributed by atoms with E-state index in [1.54, 1.807) is 19.9 Å². The van der Waals surface area contributed by atoms with Crippen molar-refractivity contribution < 1.29 is 43.2 Å². The van der Waals surface area contributed by atoms with E-state index >= 15 is 0 Å². The summed E-state index contributed by atoms with van der Waals surface area (Å²) in [6, 6.07) is 3.16. The van der Waals surface area contributed by atoms with Gasteiger partial charge in [-0.15, -0.1) is 0 Å². The molecule has 3 unspecified atom stereocenters. The van der Waals surface area contributed by atoms with Crippen molar-refractivity contribution in [2.75, 3.05) is 6.61 Å². The highest BCUT2D eigenvalue weighted by atomic mass is 16.7.